The molecule has 0 saturated carbocycles. The van der Waals surface area contributed by atoms with Gasteiger partial charge in [-0.2, -0.15) is 0 Å². The summed E-state index contributed by atoms with van der Waals surface area (Å²) in [5.74, 6) is -2.65. The summed E-state index contributed by atoms with van der Waals surface area (Å²) in [5.41, 5.74) is -0.653. The van der Waals surface area contributed by atoms with E-state index in [0.29, 0.717) is 19.0 Å². The summed E-state index contributed by atoms with van der Waals surface area (Å²) in [4.78, 5) is 29.7. The van der Waals surface area contributed by atoms with Crippen molar-refractivity contribution in [3.05, 3.63) is 35.4 Å². The molecule has 0 unspecified atom stereocenters. The zero-order valence-electron chi connectivity index (χ0n) is 17.7. The summed E-state index contributed by atoms with van der Waals surface area (Å²) in [6, 6.07) is 2.44. The molecule has 0 bridgehead atoms. The van der Waals surface area contributed by atoms with Gasteiger partial charge < -0.3 is 15.0 Å². The second kappa shape index (κ2) is 10.3. The zero-order chi connectivity index (χ0) is 21.7. The molecule has 166 valence electrons. The number of hydrogen-bond donors (Lipinski definition) is 1. The number of nitrogens with one attached hydrogen (secondary N) is 1. The third kappa shape index (κ3) is 5.55. The summed E-state index contributed by atoms with van der Waals surface area (Å²) in [6.07, 6.45) is 1.81. The molecule has 2 amide bonds. The fraction of sp³-hybridized carbons (Fsp3) is 0.636. The zero-order valence-corrected chi connectivity index (χ0v) is 17.7. The van der Waals surface area contributed by atoms with Crippen LogP contribution in [0.15, 0.2) is 18.2 Å². The molecule has 0 spiro atoms. The highest BCUT2D eigenvalue weighted by molar-refractivity contribution is 5.98. The van der Waals surface area contributed by atoms with E-state index in [1.165, 1.54) is 6.07 Å². The van der Waals surface area contributed by atoms with Crippen molar-refractivity contribution in [2.75, 3.05) is 45.9 Å². The Balaban J connectivity index is 1.57. The molecule has 2 fully saturated rings. The Kier molecular flexibility index (Phi) is 7.77. The number of benzene rings is 1. The molecule has 30 heavy (non-hydrogen) atoms. The quantitative estimate of drug-likeness (QED) is 0.763. The number of morpholine rings is 1. The van der Waals surface area contributed by atoms with Crippen molar-refractivity contribution in [3.8, 4) is 0 Å². The smallest absolute Gasteiger partial charge is 0.257 e. The Morgan fingerprint density at radius 2 is 1.70 bits per heavy atom. The van der Waals surface area contributed by atoms with Crippen molar-refractivity contribution >= 4 is 11.8 Å². The van der Waals surface area contributed by atoms with Gasteiger partial charge in [0.25, 0.3) is 5.91 Å². The summed E-state index contributed by atoms with van der Waals surface area (Å²) in [5, 5.41) is 2.56. The maximum atomic E-state index is 13.9. The topological polar surface area (TPSA) is 61.9 Å². The number of halogens is 2. The minimum Gasteiger partial charge on any atom is -0.379 e. The number of nitrogens with zero attached hydrogens (tertiary/aromatic N) is 2. The van der Waals surface area contributed by atoms with Gasteiger partial charge in [0.1, 0.15) is 23.2 Å². The number of rotatable bonds is 6. The Bertz CT molecular complexity index is 725. The van der Waals surface area contributed by atoms with Crippen LogP contribution < -0.4 is 5.32 Å². The van der Waals surface area contributed by atoms with Gasteiger partial charge in [-0.1, -0.05) is 19.9 Å². The summed E-state index contributed by atoms with van der Waals surface area (Å²) >= 11 is 0. The fourth-order valence-corrected chi connectivity index (χ4v) is 4.12. The predicted molar refractivity (Wildman–Crippen MR) is 109 cm³/mol. The number of carbonyl (C=O) groups excluding carboxylic acids is 2. The Morgan fingerprint density at radius 1 is 1.10 bits per heavy atom. The standard InChI is InChI=1S/C22H31F2N3O3/c1-15(2)20(25-21(28)19-17(23)4-3-5-18(19)24)22(29)27-8-6-16(7-9-27)14-26-10-12-30-13-11-26/h3-5,15-16,20H,6-14H2,1-2H3,(H,25,28)/t20-/m0/s1. The van der Waals surface area contributed by atoms with Crippen LogP contribution in [0.25, 0.3) is 0 Å². The van der Waals surface area contributed by atoms with E-state index in [-0.39, 0.29) is 11.8 Å². The first-order chi connectivity index (χ1) is 14.4. The van der Waals surface area contributed by atoms with Gasteiger partial charge in [-0.15, -0.1) is 0 Å². The Morgan fingerprint density at radius 3 is 2.27 bits per heavy atom. The normalized spacial score (nSPS) is 19.7. The average molecular weight is 424 g/mol. The van der Waals surface area contributed by atoms with Crippen molar-refractivity contribution in [2.45, 2.75) is 32.7 Å². The molecular formula is C22H31F2N3O3. The first-order valence-electron chi connectivity index (χ1n) is 10.7. The third-order valence-electron chi connectivity index (χ3n) is 5.96. The van der Waals surface area contributed by atoms with Crippen LogP contribution in [0.1, 0.15) is 37.0 Å². The number of piperidine rings is 1. The number of amides is 2. The molecule has 6 nitrogen and oxygen atoms in total. The van der Waals surface area contributed by atoms with Gasteiger partial charge in [-0.05, 0) is 36.8 Å². The minimum atomic E-state index is -0.939. The van der Waals surface area contributed by atoms with Crippen molar-refractivity contribution in [1.29, 1.82) is 0 Å². The van der Waals surface area contributed by atoms with Gasteiger partial charge in [0.15, 0.2) is 0 Å². The van der Waals surface area contributed by atoms with Crippen molar-refractivity contribution in [3.63, 3.8) is 0 Å². The lowest BCUT2D eigenvalue weighted by Crippen LogP contribution is -2.53. The van der Waals surface area contributed by atoms with Gasteiger partial charge in [-0.25, -0.2) is 8.78 Å². The molecule has 1 N–H and O–H groups in total. The molecule has 1 aromatic carbocycles. The molecular weight excluding hydrogens is 392 g/mol. The van der Waals surface area contributed by atoms with E-state index >= 15 is 0 Å². The fourth-order valence-electron chi connectivity index (χ4n) is 4.12. The molecule has 2 aliphatic heterocycles. The minimum absolute atomic E-state index is 0.195. The van der Waals surface area contributed by atoms with Crippen molar-refractivity contribution in [2.24, 2.45) is 11.8 Å². The summed E-state index contributed by atoms with van der Waals surface area (Å²) in [6.45, 7) is 9.34. The molecule has 3 rings (SSSR count). The Labute approximate surface area is 176 Å². The van der Waals surface area contributed by atoms with Crippen molar-refractivity contribution in [1.82, 2.24) is 15.1 Å². The Hall–Kier alpha value is -2.06. The van der Waals surface area contributed by atoms with Crippen LogP contribution in [0.4, 0.5) is 8.78 Å². The predicted octanol–water partition coefficient (Wildman–Crippen LogP) is 2.29. The molecule has 1 atom stereocenters. The van der Waals surface area contributed by atoms with Crippen LogP contribution in [0.5, 0.6) is 0 Å². The van der Waals surface area contributed by atoms with E-state index in [9.17, 15) is 18.4 Å². The number of likely N-dealkylation sites (tertiary alicyclic amines) is 1. The molecule has 2 heterocycles. The monoisotopic (exact) mass is 423 g/mol. The van der Waals surface area contributed by atoms with E-state index in [4.69, 9.17) is 4.74 Å². The van der Waals surface area contributed by atoms with Crippen LogP contribution in [0.3, 0.4) is 0 Å². The molecule has 0 aromatic heterocycles. The highest BCUT2D eigenvalue weighted by Gasteiger charge is 2.33. The molecule has 2 aliphatic rings. The van der Waals surface area contributed by atoms with Gasteiger partial charge in [0.05, 0.1) is 13.2 Å². The summed E-state index contributed by atoms with van der Waals surface area (Å²) in [7, 11) is 0. The van der Waals surface area contributed by atoms with E-state index < -0.39 is 29.1 Å². The molecule has 8 heteroatoms. The maximum Gasteiger partial charge on any atom is 0.257 e. The first kappa shape index (κ1) is 22.6. The lowest BCUT2D eigenvalue weighted by Gasteiger charge is -2.37. The van der Waals surface area contributed by atoms with Crippen LogP contribution >= 0.6 is 0 Å². The number of hydrogen-bond acceptors (Lipinski definition) is 4. The highest BCUT2D eigenvalue weighted by Crippen LogP contribution is 2.21. The second-order valence-electron chi connectivity index (χ2n) is 8.47. The van der Waals surface area contributed by atoms with Gasteiger partial charge >= 0.3 is 0 Å². The van der Waals surface area contributed by atoms with Gasteiger partial charge in [0, 0.05) is 32.7 Å². The van der Waals surface area contributed by atoms with Crippen LogP contribution in [0, 0.1) is 23.5 Å². The van der Waals surface area contributed by atoms with Crippen molar-refractivity contribution < 1.29 is 23.1 Å². The number of ether oxygens (including phenoxy) is 1. The highest BCUT2D eigenvalue weighted by atomic mass is 19.1. The lowest BCUT2D eigenvalue weighted by atomic mass is 9.94. The molecule has 2 saturated heterocycles. The lowest BCUT2D eigenvalue weighted by molar-refractivity contribution is -0.135. The van der Waals surface area contributed by atoms with Crippen LogP contribution in [0.2, 0.25) is 0 Å². The molecule has 1 aromatic rings. The van der Waals surface area contributed by atoms with Crippen LogP contribution in [-0.4, -0.2) is 73.6 Å². The largest absolute Gasteiger partial charge is 0.379 e. The summed E-state index contributed by atoms with van der Waals surface area (Å²) < 4.78 is 33.3. The van der Waals surface area contributed by atoms with Crippen LogP contribution in [-0.2, 0) is 9.53 Å². The first-order valence-corrected chi connectivity index (χ1v) is 10.7. The third-order valence-corrected chi connectivity index (χ3v) is 5.96. The maximum absolute atomic E-state index is 13.9. The van der Waals surface area contributed by atoms with E-state index in [2.05, 4.69) is 10.2 Å². The molecule has 0 radical (unpaired) electrons. The SMILES string of the molecule is CC(C)[C@H](NC(=O)c1c(F)cccc1F)C(=O)N1CCC(CN2CCOCC2)CC1. The van der Waals surface area contributed by atoms with E-state index in [0.717, 1.165) is 57.8 Å². The second-order valence-corrected chi connectivity index (χ2v) is 8.47. The molecule has 0 aliphatic carbocycles. The number of carbonyl (C=O) groups is 2. The van der Waals surface area contributed by atoms with Gasteiger partial charge in [-0.3, -0.25) is 14.5 Å². The van der Waals surface area contributed by atoms with Gasteiger partial charge in [0.2, 0.25) is 5.91 Å². The van der Waals surface area contributed by atoms with E-state index in [1.807, 2.05) is 13.8 Å². The average Bonchev–Trinajstić information content (AvgIpc) is 2.72. The van der Waals surface area contributed by atoms with E-state index in [1.54, 1.807) is 4.90 Å².